The standard InChI is InChI=1S/C26H29N3O3S/c1-16-7-6-8-19(11-16)27-23(30)15-29-24(31)22(33-25(29)32)13-18-9-10-21-20(12-18)17(2)14-26(3,4)28(21)5/h6-13,17H,14-15H2,1-5H3,(H,27,30)/b22-13-/t17-/m0/s1. The van der Waals surface area contributed by atoms with Crippen LogP contribution in [0, 0.1) is 6.92 Å². The smallest absolute Gasteiger partial charge is 0.294 e. The molecule has 0 aliphatic carbocycles. The third-order valence-electron chi connectivity index (χ3n) is 6.43. The van der Waals surface area contributed by atoms with Gasteiger partial charge in [-0.1, -0.05) is 25.1 Å². The van der Waals surface area contributed by atoms with E-state index in [0.717, 1.165) is 34.2 Å². The number of amides is 3. The minimum atomic E-state index is -0.437. The highest BCUT2D eigenvalue weighted by molar-refractivity contribution is 8.18. The number of anilines is 2. The molecule has 2 aromatic carbocycles. The van der Waals surface area contributed by atoms with Crippen molar-refractivity contribution in [3.05, 3.63) is 64.1 Å². The molecule has 33 heavy (non-hydrogen) atoms. The van der Waals surface area contributed by atoms with Crippen LogP contribution >= 0.6 is 11.8 Å². The topological polar surface area (TPSA) is 69.7 Å². The van der Waals surface area contributed by atoms with Gasteiger partial charge in [0, 0.05) is 24.0 Å². The number of thioether (sulfide) groups is 1. The second kappa shape index (κ2) is 8.71. The molecule has 0 aromatic heterocycles. The summed E-state index contributed by atoms with van der Waals surface area (Å²) in [5.41, 5.74) is 5.03. The van der Waals surface area contributed by atoms with Crippen LogP contribution in [0.4, 0.5) is 16.2 Å². The lowest BCUT2D eigenvalue weighted by molar-refractivity contribution is -0.127. The van der Waals surface area contributed by atoms with E-state index in [9.17, 15) is 14.4 Å². The van der Waals surface area contributed by atoms with Crippen LogP contribution in [0.3, 0.4) is 0 Å². The molecule has 172 valence electrons. The number of benzene rings is 2. The van der Waals surface area contributed by atoms with Gasteiger partial charge in [0.2, 0.25) is 5.91 Å². The molecule has 1 N–H and O–H groups in total. The Hall–Kier alpha value is -3.06. The summed E-state index contributed by atoms with van der Waals surface area (Å²) in [6.45, 7) is 8.32. The summed E-state index contributed by atoms with van der Waals surface area (Å²) in [5, 5.41) is 2.31. The maximum atomic E-state index is 12.9. The van der Waals surface area contributed by atoms with Gasteiger partial charge in [0.15, 0.2) is 0 Å². The average Bonchev–Trinajstić information content (AvgIpc) is 2.99. The molecule has 0 spiro atoms. The Morgan fingerprint density at radius 2 is 1.97 bits per heavy atom. The fourth-order valence-corrected chi connectivity index (χ4v) is 5.38. The van der Waals surface area contributed by atoms with Crippen LogP contribution in [-0.2, 0) is 9.59 Å². The minimum Gasteiger partial charge on any atom is -0.369 e. The summed E-state index contributed by atoms with van der Waals surface area (Å²) in [4.78, 5) is 41.4. The molecule has 0 bridgehead atoms. The predicted octanol–water partition coefficient (Wildman–Crippen LogP) is 5.39. The first-order chi connectivity index (χ1) is 15.5. The maximum absolute atomic E-state index is 12.9. The number of fused-ring (bicyclic) bond motifs is 1. The molecular weight excluding hydrogens is 434 g/mol. The number of aryl methyl sites for hydroxylation is 1. The highest BCUT2D eigenvalue weighted by Crippen LogP contribution is 2.43. The first kappa shape index (κ1) is 23.1. The third kappa shape index (κ3) is 4.69. The monoisotopic (exact) mass is 463 g/mol. The summed E-state index contributed by atoms with van der Waals surface area (Å²) in [6.07, 6.45) is 2.78. The van der Waals surface area contributed by atoms with Crippen molar-refractivity contribution in [2.75, 3.05) is 23.8 Å². The molecule has 7 heteroatoms. The first-order valence-electron chi connectivity index (χ1n) is 11.0. The predicted molar refractivity (Wildman–Crippen MR) is 134 cm³/mol. The van der Waals surface area contributed by atoms with Gasteiger partial charge in [-0.05, 0) is 91.9 Å². The van der Waals surface area contributed by atoms with Gasteiger partial charge in [-0.15, -0.1) is 0 Å². The van der Waals surface area contributed by atoms with E-state index in [1.165, 1.54) is 11.3 Å². The molecular formula is C26H29N3O3S. The molecule has 1 saturated heterocycles. The van der Waals surface area contributed by atoms with Gasteiger partial charge in [0.25, 0.3) is 11.1 Å². The van der Waals surface area contributed by atoms with E-state index in [1.54, 1.807) is 12.1 Å². The van der Waals surface area contributed by atoms with Gasteiger partial charge >= 0.3 is 0 Å². The van der Waals surface area contributed by atoms with Gasteiger partial charge in [-0.2, -0.15) is 0 Å². The Morgan fingerprint density at radius 3 is 2.70 bits per heavy atom. The Labute approximate surface area is 199 Å². The molecule has 0 saturated carbocycles. The van der Waals surface area contributed by atoms with E-state index in [4.69, 9.17) is 0 Å². The highest BCUT2D eigenvalue weighted by Gasteiger charge is 2.37. The van der Waals surface area contributed by atoms with Crippen LogP contribution in [0.25, 0.3) is 6.08 Å². The molecule has 2 heterocycles. The van der Waals surface area contributed by atoms with Gasteiger partial charge < -0.3 is 10.2 Å². The third-order valence-corrected chi connectivity index (χ3v) is 7.34. The summed E-state index contributed by atoms with van der Waals surface area (Å²) in [7, 11) is 2.11. The van der Waals surface area contributed by atoms with Crippen LogP contribution in [0.5, 0.6) is 0 Å². The Balaban J connectivity index is 1.50. The van der Waals surface area contributed by atoms with Crippen molar-refractivity contribution >= 4 is 46.3 Å². The number of hydrogen-bond donors (Lipinski definition) is 1. The number of nitrogens with zero attached hydrogens (tertiary/aromatic N) is 2. The molecule has 2 aliphatic heterocycles. The zero-order chi connectivity index (χ0) is 23.9. The molecule has 4 rings (SSSR count). The van der Waals surface area contributed by atoms with Crippen molar-refractivity contribution in [2.24, 2.45) is 0 Å². The number of nitrogens with one attached hydrogen (secondary N) is 1. The van der Waals surface area contributed by atoms with Gasteiger partial charge in [0.1, 0.15) is 6.54 Å². The lowest BCUT2D eigenvalue weighted by Gasteiger charge is -2.45. The van der Waals surface area contributed by atoms with Crippen molar-refractivity contribution in [1.29, 1.82) is 0 Å². The van der Waals surface area contributed by atoms with Crippen molar-refractivity contribution in [3.8, 4) is 0 Å². The van der Waals surface area contributed by atoms with E-state index >= 15 is 0 Å². The molecule has 2 aromatic rings. The van der Waals surface area contributed by atoms with E-state index in [1.807, 2.05) is 31.2 Å². The number of hydrogen-bond acceptors (Lipinski definition) is 5. The molecule has 1 fully saturated rings. The van der Waals surface area contributed by atoms with E-state index in [2.05, 4.69) is 50.2 Å². The fraction of sp³-hybridized carbons (Fsp3) is 0.346. The molecule has 1 atom stereocenters. The van der Waals surface area contributed by atoms with Gasteiger partial charge in [0.05, 0.1) is 4.91 Å². The maximum Gasteiger partial charge on any atom is 0.294 e. The quantitative estimate of drug-likeness (QED) is 0.616. The molecule has 0 radical (unpaired) electrons. The van der Waals surface area contributed by atoms with Crippen LogP contribution in [0.15, 0.2) is 47.4 Å². The van der Waals surface area contributed by atoms with Crippen LogP contribution in [0.1, 0.15) is 49.8 Å². The Morgan fingerprint density at radius 1 is 1.21 bits per heavy atom. The fourth-order valence-electron chi connectivity index (χ4n) is 4.54. The summed E-state index contributed by atoms with van der Waals surface area (Å²) in [6, 6.07) is 13.5. The molecule has 0 unspecified atom stereocenters. The van der Waals surface area contributed by atoms with Crippen molar-refractivity contribution in [3.63, 3.8) is 0 Å². The SMILES string of the molecule is Cc1cccc(NC(=O)CN2C(=O)S/C(=C\c3ccc4c(c3)[C@@H](C)CC(C)(C)N4C)C2=O)c1. The van der Waals surface area contributed by atoms with Crippen LogP contribution in [0.2, 0.25) is 0 Å². The first-order valence-corrected chi connectivity index (χ1v) is 11.9. The number of carbonyl (C=O) groups is 3. The normalized spacial score (nSPS) is 20.9. The second-order valence-corrected chi connectivity index (χ2v) is 10.5. The number of rotatable bonds is 4. The minimum absolute atomic E-state index is 0.0790. The summed E-state index contributed by atoms with van der Waals surface area (Å²) in [5.74, 6) is -0.453. The Kier molecular flexibility index (Phi) is 6.10. The molecule has 6 nitrogen and oxygen atoms in total. The number of imide groups is 1. The molecule has 3 amide bonds. The van der Waals surface area contributed by atoms with Gasteiger partial charge in [-0.3, -0.25) is 19.3 Å². The van der Waals surface area contributed by atoms with E-state index in [-0.39, 0.29) is 12.1 Å². The van der Waals surface area contributed by atoms with Crippen molar-refractivity contribution in [2.45, 2.75) is 45.6 Å². The lowest BCUT2D eigenvalue weighted by atomic mass is 9.80. The van der Waals surface area contributed by atoms with Crippen molar-refractivity contribution < 1.29 is 14.4 Å². The van der Waals surface area contributed by atoms with Gasteiger partial charge in [-0.25, -0.2) is 0 Å². The Bertz CT molecular complexity index is 1170. The van der Waals surface area contributed by atoms with E-state index in [0.29, 0.717) is 16.5 Å². The van der Waals surface area contributed by atoms with Crippen molar-refractivity contribution in [1.82, 2.24) is 4.90 Å². The zero-order valence-corrected chi connectivity index (χ0v) is 20.5. The largest absolute Gasteiger partial charge is 0.369 e. The summed E-state index contributed by atoms with van der Waals surface area (Å²) < 4.78 is 0. The number of carbonyl (C=O) groups excluding carboxylic acids is 3. The molecule has 2 aliphatic rings. The van der Waals surface area contributed by atoms with Crippen LogP contribution in [-0.4, -0.2) is 41.1 Å². The van der Waals surface area contributed by atoms with E-state index < -0.39 is 17.1 Å². The van der Waals surface area contributed by atoms with Crippen LogP contribution < -0.4 is 10.2 Å². The zero-order valence-electron chi connectivity index (χ0n) is 19.6. The lowest BCUT2D eigenvalue weighted by Crippen LogP contribution is -2.45. The second-order valence-electron chi connectivity index (χ2n) is 9.48. The average molecular weight is 464 g/mol. The highest BCUT2D eigenvalue weighted by atomic mass is 32.2. The summed E-state index contributed by atoms with van der Waals surface area (Å²) >= 11 is 0.874.